The number of ether oxygens (including phenoxy) is 2. The number of aliphatic imine (C=N–C) groups is 1. The predicted octanol–water partition coefficient (Wildman–Crippen LogP) is 1.88. The van der Waals surface area contributed by atoms with E-state index in [0.29, 0.717) is 32.1 Å². The highest BCUT2D eigenvalue weighted by atomic mass is 127. The van der Waals surface area contributed by atoms with Gasteiger partial charge in [0.05, 0.1) is 19.0 Å². The summed E-state index contributed by atoms with van der Waals surface area (Å²) in [4.78, 5) is 4.17. The van der Waals surface area contributed by atoms with E-state index >= 15 is 0 Å². The van der Waals surface area contributed by atoms with Crippen molar-refractivity contribution in [2.75, 3.05) is 38.8 Å². The van der Waals surface area contributed by atoms with Crippen LogP contribution in [0.15, 0.2) is 23.2 Å². The van der Waals surface area contributed by atoms with Gasteiger partial charge in [-0.05, 0) is 25.0 Å². The van der Waals surface area contributed by atoms with Crippen LogP contribution in [0.25, 0.3) is 0 Å². The molecule has 1 atom stereocenters. The van der Waals surface area contributed by atoms with Gasteiger partial charge in [-0.3, -0.25) is 4.99 Å². The van der Waals surface area contributed by atoms with Crippen LogP contribution >= 0.6 is 24.0 Å². The molecule has 1 heterocycles. The van der Waals surface area contributed by atoms with Gasteiger partial charge in [-0.15, -0.1) is 24.0 Å². The molecule has 0 amide bonds. The van der Waals surface area contributed by atoms with Gasteiger partial charge in [0.2, 0.25) is 0 Å². The smallest absolute Gasteiger partial charge is 0.191 e. The van der Waals surface area contributed by atoms with Crippen LogP contribution in [0.2, 0.25) is 0 Å². The van der Waals surface area contributed by atoms with E-state index in [1.807, 2.05) is 19.1 Å². The van der Waals surface area contributed by atoms with Crippen LogP contribution in [-0.4, -0.2) is 59.3 Å². The number of nitrogens with zero attached hydrogens (tertiary/aromatic N) is 1. The molecule has 1 aromatic carbocycles. The number of rotatable bonds is 8. The second kappa shape index (κ2) is 11.7. The van der Waals surface area contributed by atoms with Gasteiger partial charge in [-0.2, -0.15) is 0 Å². The molecule has 0 radical (unpaired) electrons. The minimum Gasteiger partial charge on any atom is -0.488 e. The summed E-state index contributed by atoms with van der Waals surface area (Å²) in [6.07, 6.45) is 2.79. The van der Waals surface area contributed by atoms with Crippen molar-refractivity contribution in [2.24, 2.45) is 4.99 Å². The zero-order valence-corrected chi connectivity index (χ0v) is 19.3. The van der Waals surface area contributed by atoms with Gasteiger partial charge < -0.3 is 20.1 Å². The lowest BCUT2D eigenvalue weighted by molar-refractivity contribution is 0.140. The van der Waals surface area contributed by atoms with Crippen molar-refractivity contribution in [1.29, 1.82) is 0 Å². The van der Waals surface area contributed by atoms with Crippen molar-refractivity contribution in [1.82, 2.24) is 10.6 Å². The molecule has 0 saturated carbocycles. The Morgan fingerprint density at radius 3 is 2.78 bits per heavy atom. The lowest BCUT2D eigenvalue weighted by Crippen LogP contribution is -2.37. The average molecular weight is 511 g/mol. The van der Waals surface area contributed by atoms with Crippen LogP contribution in [-0.2, 0) is 21.1 Å². The van der Waals surface area contributed by atoms with Crippen LogP contribution in [0.1, 0.15) is 24.0 Å². The van der Waals surface area contributed by atoms with E-state index in [1.54, 1.807) is 7.05 Å². The molecule has 1 fully saturated rings. The zero-order valence-electron chi connectivity index (χ0n) is 16.2. The van der Waals surface area contributed by atoms with E-state index in [-0.39, 0.29) is 35.8 Å². The molecule has 0 bridgehead atoms. The first-order valence-corrected chi connectivity index (χ1v) is 10.9. The Morgan fingerprint density at radius 1 is 1.37 bits per heavy atom. The Hall–Kier alpha value is -1.07. The summed E-state index contributed by atoms with van der Waals surface area (Å²) in [5.41, 5.74) is 2.19. The molecule has 1 unspecified atom stereocenters. The molecule has 0 aliphatic carbocycles. The zero-order chi connectivity index (χ0) is 19.0. The SMILES string of the molecule is CN=C(NCCCS(C)(=O)=O)NCc1ccc(C)cc1OC1CCOC1.I. The van der Waals surface area contributed by atoms with Crippen molar-refractivity contribution in [3.63, 3.8) is 0 Å². The third kappa shape index (κ3) is 9.11. The number of benzene rings is 1. The summed E-state index contributed by atoms with van der Waals surface area (Å²) in [6.45, 7) is 4.52. The fraction of sp³-hybridized carbons (Fsp3) is 0.611. The van der Waals surface area contributed by atoms with Crippen LogP contribution in [0.3, 0.4) is 0 Å². The van der Waals surface area contributed by atoms with Crippen LogP contribution in [0, 0.1) is 6.92 Å². The van der Waals surface area contributed by atoms with Crippen molar-refractivity contribution in [3.05, 3.63) is 29.3 Å². The molecule has 0 spiro atoms. The number of nitrogens with one attached hydrogen (secondary N) is 2. The minimum absolute atomic E-state index is 0. The summed E-state index contributed by atoms with van der Waals surface area (Å²) in [5.74, 6) is 1.66. The molecule has 1 aromatic rings. The predicted molar refractivity (Wildman–Crippen MR) is 119 cm³/mol. The van der Waals surface area contributed by atoms with Gasteiger partial charge in [0.1, 0.15) is 21.7 Å². The fourth-order valence-electron chi connectivity index (χ4n) is 2.64. The standard InChI is InChI=1S/C18H29N3O4S.HI/c1-14-5-6-15(17(11-14)25-16-7-9-24-13-16)12-21-18(19-2)20-8-4-10-26(3,22)23;/h5-6,11,16H,4,7-10,12-13H2,1-3H3,(H2,19,20,21);1H. The fourth-order valence-corrected chi connectivity index (χ4v) is 3.31. The molecule has 1 aliphatic rings. The van der Waals surface area contributed by atoms with E-state index in [0.717, 1.165) is 29.9 Å². The molecule has 2 rings (SSSR count). The Bertz CT molecular complexity index is 719. The summed E-state index contributed by atoms with van der Waals surface area (Å²) >= 11 is 0. The highest BCUT2D eigenvalue weighted by Crippen LogP contribution is 2.23. The number of hydrogen-bond donors (Lipinski definition) is 2. The molecule has 0 aromatic heterocycles. The summed E-state index contributed by atoms with van der Waals surface area (Å²) in [7, 11) is -1.24. The molecule has 154 valence electrons. The van der Waals surface area contributed by atoms with Crippen LogP contribution in [0.4, 0.5) is 0 Å². The van der Waals surface area contributed by atoms with Crippen LogP contribution in [0.5, 0.6) is 5.75 Å². The molecule has 1 aliphatic heterocycles. The van der Waals surface area contributed by atoms with Gasteiger partial charge in [-0.1, -0.05) is 12.1 Å². The van der Waals surface area contributed by atoms with Crippen molar-refractivity contribution < 1.29 is 17.9 Å². The number of halogens is 1. The monoisotopic (exact) mass is 511 g/mol. The molecular weight excluding hydrogens is 481 g/mol. The normalized spacial score (nSPS) is 17.3. The first-order chi connectivity index (χ1) is 12.4. The van der Waals surface area contributed by atoms with Gasteiger partial charge >= 0.3 is 0 Å². The van der Waals surface area contributed by atoms with Gasteiger partial charge in [0.15, 0.2) is 5.96 Å². The average Bonchev–Trinajstić information content (AvgIpc) is 3.08. The maximum absolute atomic E-state index is 11.2. The number of sulfone groups is 1. The van der Waals surface area contributed by atoms with E-state index in [2.05, 4.69) is 21.7 Å². The van der Waals surface area contributed by atoms with E-state index in [1.165, 1.54) is 6.26 Å². The third-order valence-electron chi connectivity index (χ3n) is 4.06. The van der Waals surface area contributed by atoms with E-state index in [4.69, 9.17) is 9.47 Å². The van der Waals surface area contributed by atoms with E-state index in [9.17, 15) is 8.42 Å². The van der Waals surface area contributed by atoms with Gasteiger partial charge in [0, 0.05) is 38.4 Å². The van der Waals surface area contributed by atoms with Crippen LogP contribution < -0.4 is 15.4 Å². The van der Waals surface area contributed by atoms with Crippen molar-refractivity contribution in [2.45, 2.75) is 32.4 Å². The minimum atomic E-state index is -2.93. The maximum atomic E-state index is 11.2. The van der Waals surface area contributed by atoms with Crippen molar-refractivity contribution in [3.8, 4) is 5.75 Å². The Morgan fingerprint density at radius 2 is 2.15 bits per heavy atom. The first-order valence-electron chi connectivity index (χ1n) is 8.83. The molecule has 1 saturated heterocycles. The molecular formula is C18H30IN3O4S. The highest BCUT2D eigenvalue weighted by molar-refractivity contribution is 14.0. The third-order valence-corrected chi connectivity index (χ3v) is 5.09. The lowest BCUT2D eigenvalue weighted by Gasteiger charge is -2.18. The quantitative estimate of drug-likeness (QED) is 0.240. The molecule has 2 N–H and O–H groups in total. The maximum Gasteiger partial charge on any atom is 0.191 e. The Kier molecular flexibility index (Phi) is 10.4. The second-order valence-electron chi connectivity index (χ2n) is 6.55. The molecule has 27 heavy (non-hydrogen) atoms. The van der Waals surface area contributed by atoms with E-state index < -0.39 is 9.84 Å². The first kappa shape index (κ1) is 24.0. The summed E-state index contributed by atoms with van der Waals surface area (Å²) < 4.78 is 33.8. The number of hydrogen-bond acceptors (Lipinski definition) is 5. The molecule has 7 nitrogen and oxygen atoms in total. The summed E-state index contributed by atoms with van der Waals surface area (Å²) in [5, 5.41) is 6.38. The number of aryl methyl sites for hydroxylation is 1. The number of guanidine groups is 1. The Labute approximate surface area is 179 Å². The topological polar surface area (TPSA) is 89.0 Å². The summed E-state index contributed by atoms with van der Waals surface area (Å²) in [6, 6.07) is 6.14. The lowest BCUT2D eigenvalue weighted by atomic mass is 10.1. The Balaban J connectivity index is 0.00000364. The molecule has 9 heteroatoms. The highest BCUT2D eigenvalue weighted by Gasteiger charge is 2.18. The van der Waals surface area contributed by atoms with Gasteiger partial charge in [-0.25, -0.2) is 8.42 Å². The largest absolute Gasteiger partial charge is 0.488 e. The second-order valence-corrected chi connectivity index (χ2v) is 8.81. The van der Waals surface area contributed by atoms with Crippen molar-refractivity contribution >= 4 is 39.8 Å². The van der Waals surface area contributed by atoms with Gasteiger partial charge in [0.25, 0.3) is 0 Å².